The minimum atomic E-state index is -3.73. The van der Waals surface area contributed by atoms with E-state index >= 15 is 0 Å². The van der Waals surface area contributed by atoms with Gasteiger partial charge < -0.3 is 5.11 Å². The van der Waals surface area contributed by atoms with E-state index < -0.39 is 10.0 Å². The standard InChI is InChI=1S/C13H11BrClNO3S/c1-8-6-11(14)13(7-12(8)15)16-20(18,19)10-4-2-9(17)3-5-10/h2-7,16-17H,1H3. The molecule has 4 nitrogen and oxygen atoms in total. The minimum Gasteiger partial charge on any atom is -0.508 e. The van der Waals surface area contributed by atoms with Gasteiger partial charge >= 0.3 is 0 Å². The van der Waals surface area contributed by atoms with Crippen molar-refractivity contribution in [3.63, 3.8) is 0 Å². The molecule has 2 rings (SSSR count). The SMILES string of the molecule is Cc1cc(Br)c(NS(=O)(=O)c2ccc(O)cc2)cc1Cl. The molecule has 0 radical (unpaired) electrons. The Balaban J connectivity index is 2.38. The van der Waals surface area contributed by atoms with Gasteiger partial charge in [0.2, 0.25) is 0 Å². The summed E-state index contributed by atoms with van der Waals surface area (Å²) in [6, 6.07) is 8.54. The van der Waals surface area contributed by atoms with E-state index in [0.717, 1.165) is 5.56 Å². The number of phenolic OH excluding ortho intramolecular Hbond substituents is 1. The van der Waals surface area contributed by atoms with Gasteiger partial charge in [0.05, 0.1) is 10.6 Å². The summed E-state index contributed by atoms with van der Waals surface area (Å²) in [5.41, 5.74) is 1.19. The summed E-state index contributed by atoms with van der Waals surface area (Å²) in [5.74, 6) is 0.00325. The average molecular weight is 377 g/mol. The van der Waals surface area contributed by atoms with Gasteiger partial charge in [-0.15, -0.1) is 0 Å². The van der Waals surface area contributed by atoms with Crippen LogP contribution in [0.1, 0.15) is 5.56 Å². The van der Waals surface area contributed by atoms with Crippen LogP contribution in [0.4, 0.5) is 5.69 Å². The van der Waals surface area contributed by atoms with E-state index in [9.17, 15) is 13.5 Å². The third-order valence-corrected chi connectivity index (χ3v) is 5.08. The first-order valence-corrected chi connectivity index (χ1v) is 8.22. The molecule has 0 amide bonds. The van der Waals surface area contributed by atoms with Crippen molar-refractivity contribution in [3.8, 4) is 5.75 Å². The number of rotatable bonds is 3. The maximum absolute atomic E-state index is 12.2. The lowest BCUT2D eigenvalue weighted by atomic mass is 10.2. The molecule has 0 unspecified atom stereocenters. The number of anilines is 1. The number of aryl methyl sites for hydroxylation is 1. The summed E-state index contributed by atoms with van der Waals surface area (Å²) >= 11 is 9.29. The van der Waals surface area contributed by atoms with Crippen molar-refractivity contribution in [2.45, 2.75) is 11.8 Å². The molecular formula is C13H11BrClNO3S. The van der Waals surface area contributed by atoms with Gasteiger partial charge in [0.1, 0.15) is 5.75 Å². The van der Waals surface area contributed by atoms with Crippen LogP contribution in [-0.4, -0.2) is 13.5 Å². The van der Waals surface area contributed by atoms with Gasteiger partial charge in [-0.05, 0) is 64.8 Å². The first-order chi connectivity index (χ1) is 9.29. The molecule has 0 saturated heterocycles. The molecule has 0 bridgehead atoms. The van der Waals surface area contributed by atoms with E-state index in [2.05, 4.69) is 20.7 Å². The smallest absolute Gasteiger partial charge is 0.261 e. The number of phenols is 1. The lowest BCUT2D eigenvalue weighted by molar-refractivity contribution is 0.475. The lowest BCUT2D eigenvalue weighted by Crippen LogP contribution is -2.13. The zero-order valence-electron chi connectivity index (χ0n) is 10.4. The largest absolute Gasteiger partial charge is 0.508 e. The number of aromatic hydroxyl groups is 1. The fraction of sp³-hybridized carbons (Fsp3) is 0.0769. The molecule has 0 aromatic heterocycles. The van der Waals surface area contributed by atoms with E-state index in [-0.39, 0.29) is 10.6 Å². The highest BCUT2D eigenvalue weighted by atomic mass is 79.9. The van der Waals surface area contributed by atoms with E-state index in [4.69, 9.17) is 11.6 Å². The van der Waals surface area contributed by atoms with Crippen molar-refractivity contribution in [3.05, 3.63) is 51.5 Å². The Morgan fingerprint density at radius 2 is 1.80 bits per heavy atom. The number of halogens is 2. The molecular weight excluding hydrogens is 366 g/mol. The second kappa shape index (κ2) is 5.63. The molecule has 0 heterocycles. The highest BCUT2D eigenvalue weighted by Gasteiger charge is 2.16. The Morgan fingerprint density at radius 1 is 1.20 bits per heavy atom. The van der Waals surface area contributed by atoms with Crippen molar-refractivity contribution >= 4 is 43.2 Å². The molecule has 20 heavy (non-hydrogen) atoms. The van der Waals surface area contributed by atoms with Crippen molar-refractivity contribution in [2.24, 2.45) is 0 Å². The van der Waals surface area contributed by atoms with E-state index in [0.29, 0.717) is 15.2 Å². The number of hydrogen-bond donors (Lipinski definition) is 2. The van der Waals surface area contributed by atoms with Gasteiger partial charge in [0, 0.05) is 9.50 Å². The fourth-order valence-electron chi connectivity index (χ4n) is 1.55. The summed E-state index contributed by atoms with van der Waals surface area (Å²) in [7, 11) is -3.73. The molecule has 2 aromatic rings. The van der Waals surface area contributed by atoms with Crippen LogP contribution in [-0.2, 0) is 10.0 Å². The van der Waals surface area contributed by atoms with Gasteiger partial charge in [-0.25, -0.2) is 8.42 Å². The van der Waals surface area contributed by atoms with Crippen LogP contribution in [0.3, 0.4) is 0 Å². The monoisotopic (exact) mass is 375 g/mol. The molecule has 0 spiro atoms. The average Bonchev–Trinajstić information content (AvgIpc) is 2.36. The predicted molar refractivity (Wildman–Crippen MR) is 82.8 cm³/mol. The van der Waals surface area contributed by atoms with Crippen molar-refractivity contribution < 1.29 is 13.5 Å². The van der Waals surface area contributed by atoms with Crippen molar-refractivity contribution in [1.29, 1.82) is 0 Å². The summed E-state index contributed by atoms with van der Waals surface area (Å²) < 4.78 is 27.5. The quantitative estimate of drug-likeness (QED) is 0.853. The number of benzene rings is 2. The molecule has 0 aliphatic rings. The number of nitrogens with one attached hydrogen (secondary N) is 1. The van der Waals surface area contributed by atoms with Gasteiger partial charge in [-0.1, -0.05) is 11.6 Å². The Morgan fingerprint density at radius 3 is 2.40 bits per heavy atom. The summed E-state index contributed by atoms with van der Waals surface area (Å²) in [6.45, 7) is 1.82. The highest BCUT2D eigenvalue weighted by molar-refractivity contribution is 9.10. The molecule has 7 heteroatoms. The van der Waals surface area contributed by atoms with Gasteiger partial charge in [-0.2, -0.15) is 0 Å². The highest BCUT2D eigenvalue weighted by Crippen LogP contribution is 2.31. The normalized spacial score (nSPS) is 11.3. The molecule has 106 valence electrons. The Bertz CT molecular complexity index is 745. The zero-order chi connectivity index (χ0) is 14.9. The van der Waals surface area contributed by atoms with Crippen LogP contribution >= 0.6 is 27.5 Å². The van der Waals surface area contributed by atoms with Gasteiger partial charge in [0.15, 0.2) is 0 Å². The van der Waals surface area contributed by atoms with E-state index in [1.807, 2.05) is 6.92 Å². The molecule has 0 aliphatic heterocycles. The van der Waals surface area contributed by atoms with Gasteiger partial charge in [0.25, 0.3) is 10.0 Å². The fourth-order valence-corrected chi connectivity index (χ4v) is 3.48. The zero-order valence-corrected chi connectivity index (χ0v) is 13.6. The number of hydrogen-bond acceptors (Lipinski definition) is 3. The lowest BCUT2D eigenvalue weighted by Gasteiger charge is -2.11. The minimum absolute atomic E-state index is 0.00325. The third-order valence-electron chi connectivity index (χ3n) is 2.64. The maximum atomic E-state index is 12.2. The first-order valence-electron chi connectivity index (χ1n) is 5.57. The second-order valence-corrected chi connectivity index (χ2v) is 7.12. The van der Waals surface area contributed by atoms with Crippen LogP contribution in [0.5, 0.6) is 5.75 Å². The Labute approximate surface area is 130 Å². The van der Waals surface area contributed by atoms with Crippen molar-refractivity contribution in [1.82, 2.24) is 0 Å². The summed E-state index contributed by atoms with van der Waals surface area (Å²) in [5, 5.41) is 9.65. The molecule has 2 N–H and O–H groups in total. The van der Waals surface area contributed by atoms with Crippen LogP contribution < -0.4 is 4.72 Å². The Hall–Kier alpha value is -1.24. The van der Waals surface area contributed by atoms with Crippen LogP contribution in [0, 0.1) is 6.92 Å². The van der Waals surface area contributed by atoms with Crippen LogP contribution in [0.2, 0.25) is 5.02 Å². The molecule has 0 aliphatic carbocycles. The second-order valence-electron chi connectivity index (χ2n) is 4.18. The van der Waals surface area contributed by atoms with E-state index in [1.165, 1.54) is 24.3 Å². The Kier molecular flexibility index (Phi) is 4.27. The van der Waals surface area contributed by atoms with Gasteiger partial charge in [-0.3, -0.25) is 4.72 Å². The maximum Gasteiger partial charge on any atom is 0.261 e. The topological polar surface area (TPSA) is 66.4 Å². The van der Waals surface area contributed by atoms with E-state index in [1.54, 1.807) is 12.1 Å². The molecule has 0 atom stereocenters. The summed E-state index contributed by atoms with van der Waals surface area (Å²) in [4.78, 5) is 0.0545. The molecule has 0 fully saturated rings. The van der Waals surface area contributed by atoms with Crippen LogP contribution in [0.25, 0.3) is 0 Å². The first kappa shape index (κ1) is 15.2. The predicted octanol–water partition coefficient (Wildman–Crippen LogP) is 3.92. The van der Waals surface area contributed by atoms with Crippen LogP contribution in [0.15, 0.2) is 45.8 Å². The third kappa shape index (κ3) is 3.26. The molecule has 0 saturated carbocycles. The number of sulfonamides is 1. The molecule has 2 aromatic carbocycles. The van der Waals surface area contributed by atoms with Crippen molar-refractivity contribution in [2.75, 3.05) is 4.72 Å². The summed E-state index contributed by atoms with van der Waals surface area (Å²) in [6.07, 6.45) is 0.